The van der Waals surface area contributed by atoms with Crippen LogP contribution >= 0.6 is 11.8 Å². The van der Waals surface area contributed by atoms with Gasteiger partial charge in [-0.05, 0) is 50.7 Å². The van der Waals surface area contributed by atoms with Crippen molar-refractivity contribution < 1.29 is 17.9 Å². The van der Waals surface area contributed by atoms with Crippen LogP contribution in [-0.2, 0) is 16.6 Å². The second-order valence-electron chi connectivity index (χ2n) is 5.67. The van der Waals surface area contributed by atoms with Crippen LogP contribution in [0.2, 0.25) is 0 Å². The molecular formula is C17H22N2O4S2. The van der Waals surface area contributed by atoms with Crippen LogP contribution in [0.5, 0.6) is 17.2 Å². The number of benzene rings is 2. The van der Waals surface area contributed by atoms with Gasteiger partial charge in [0.2, 0.25) is 10.0 Å². The molecule has 0 aromatic heterocycles. The Balaban J connectivity index is 2.41. The highest BCUT2D eigenvalue weighted by Crippen LogP contribution is 2.34. The molecule has 0 aliphatic heterocycles. The second-order valence-corrected chi connectivity index (χ2v) is 8.08. The summed E-state index contributed by atoms with van der Waals surface area (Å²) in [6.07, 6.45) is 1.97. The van der Waals surface area contributed by atoms with Crippen molar-refractivity contribution in [3.8, 4) is 17.2 Å². The van der Waals surface area contributed by atoms with Crippen LogP contribution in [0.1, 0.15) is 5.56 Å². The summed E-state index contributed by atoms with van der Waals surface area (Å²) in [5, 5.41) is 5.23. The van der Waals surface area contributed by atoms with Gasteiger partial charge >= 0.3 is 0 Å². The fourth-order valence-corrected chi connectivity index (χ4v) is 3.42. The Morgan fingerprint density at radius 2 is 1.84 bits per heavy atom. The van der Waals surface area contributed by atoms with Crippen molar-refractivity contribution in [1.82, 2.24) is 4.90 Å². The van der Waals surface area contributed by atoms with Gasteiger partial charge in [0.05, 0.1) is 12.0 Å². The van der Waals surface area contributed by atoms with Crippen LogP contribution in [0.15, 0.2) is 46.2 Å². The number of ether oxygens (including phenoxy) is 2. The third kappa shape index (κ3) is 5.12. The van der Waals surface area contributed by atoms with Gasteiger partial charge in [0.25, 0.3) is 0 Å². The lowest BCUT2D eigenvalue weighted by Crippen LogP contribution is -2.15. The van der Waals surface area contributed by atoms with Crippen molar-refractivity contribution in [2.24, 2.45) is 5.14 Å². The Bertz CT molecular complexity index is 852. The first-order chi connectivity index (χ1) is 11.7. The number of methoxy groups -OCH3 is 1. The molecule has 2 N–H and O–H groups in total. The van der Waals surface area contributed by atoms with E-state index in [2.05, 4.69) is 0 Å². The van der Waals surface area contributed by atoms with E-state index in [0.717, 1.165) is 16.2 Å². The molecule has 8 heteroatoms. The molecule has 0 bridgehead atoms. The van der Waals surface area contributed by atoms with Crippen molar-refractivity contribution in [2.45, 2.75) is 16.3 Å². The molecule has 2 aromatic carbocycles. The monoisotopic (exact) mass is 382 g/mol. The van der Waals surface area contributed by atoms with Crippen LogP contribution in [-0.4, -0.2) is 40.8 Å². The molecule has 0 unspecified atom stereocenters. The van der Waals surface area contributed by atoms with Crippen LogP contribution in [0, 0.1) is 0 Å². The summed E-state index contributed by atoms with van der Waals surface area (Å²) < 4.78 is 34.5. The van der Waals surface area contributed by atoms with Gasteiger partial charge in [0.15, 0.2) is 0 Å². The molecule has 2 rings (SSSR count). The second kappa shape index (κ2) is 8.09. The van der Waals surface area contributed by atoms with E-state index in [0.29, 0.717) is 18.0 Å². The lowest BCUT2D eigenvalue weighted by molar-refractivity contribution is 0.384. The van der Waals surface area contributed by atoms with E-state index >= 15 is 0 Å². The molecule has 0 aliphatic carbocycles. The molecule has 25 heavy (non-hydrogen) atoms. The van der Waals surface area contributed by atoms with Gasteiger partial charge in [0, 0.05) is 23.1 Å². The molecule has 0 heterocycles. The number of nitrogens with zero attached hydrogens (tertiary/aromatic N) is 1. The molecular weight excluding hydrogens is 360 g/mol. The summed E-state index contributed by atoms with van der Waals surface area (Å²) in [6, 6.07) is 10.2. The summed E-state index contributed by atoms with van der Waals surface area (Å²) >= 11 is 1.58. The van der Waals surface area contributed by atoms with Crippen LogP contribution in [0.3, 0.4) is 0 Å². The van der Waals surface area contributed by atoms with E-state index in [-0.39, 0.29) is 4.90 Å². The zero-order valence-electron chi connectivity index (χ0n) is 14.6. The lowest BCUT2D eigenvalue weighted by atomic mass is 10.2. The van der Waals surface area contributed by atoms with Gasteiger partial charge in [-0.3, -0.25) is 0 Å². The average molecular weight is 383 g/mol. The molecule has 0 spiro atoms. The van der Waals surface area contributed by atoms with Crippen molar-refractivity contribution in [1.29, 1.82) is 0 Å². The van der Waals surface area contributed by atoms with Crippen LogP contribution in [0.25, 0.3) is 0 Å². The quantitative estimate of drug-likeness (QED) is 0.742. The number of sulfonamides is 1. The fraction of sp³-hybridized carbons (Fsp3) is 0.294. The van der Waals surface area contributed by atoms with Gasteiger partial charge in [-0.1, -0.05) is 0 Å². The van der Waals surface area contributed by atoms with Crippen LogP contribution in [0.4, 0.5) is 0 Å². The highest BCUT2D eigenvalue weighted by Gasteiger charge is 2.14. The molecule has 0 saturated heterocycles. The van der Waals surface area contributed by atoms with Gasteiger partial charge in [-0.25, -0.2) is 13.6 Å². The number of nitrogens with two attached hydrogens (primary N) is 1. The Morgan fingerprint density at radius 1 is 1.12 bits per heavy atom. The van der Waals surface area contributed by atoms with Crippen molar-refractivity contribution in [3.05, 3.63) is 42.0 Å². The predicted molar refractivity (Wildman–Crippen MR) is 100 cm³/mol. The number of hydrogen-bond acceptors (Lipinski definition) is 6. The minimum absolute atomic E-state index is 0.0620. The maximum Gasteiger partial charge on any atom is 0.238 e. The number of rotatable bonds is 7. The van der Waals surface area contributed by atoms with Crippen molar-refractivity contribution in [2.75, 3.05) is 27.5 Å². The van der Waals surface area contributed by atoms with E-state index in [1.165, 1.54) is 12.1 Å². The van der Waals surface area contributed by atoms with E-state index in [1.54, 1.807) is 31.0 Å². The smallest absolute Gasteiger partial charge is 0.238 e. The largest absolute Gasteiger partial charge is 0.495 e. The number of thioether (sulfide) groups is 1. The first-order valence-electron chi connectivity index (χ1n) is 7.45. The summed E-state index contributed by atoms with van der Waals surface area (Å²) in [5.41, 5.74) is 0.726. The minimum Gasteiger partial charge on any atom is -0.495 e. The first-order valence-corrected chi connectivity index (χ1v) is 10.2. The normalized spacial score (nSPS) is 11.6. The predicted octanol–water partition coefficient (Wildman–Crippen LogP) is 2.92. The standard InChI is InChI=1S/C17H22N2O4S2/c1-19(2)11-12-9-14(25(18,20)21)6-7-15(12)23-13-5-8-17(24-4)16(10-13)22-3/h5-10H,11H2,1-4H3,(H2,18,20,21). The third-order valence-electron chi connectivity index (χ3n) is 3.43. The highest BCUT2D eigenvalue weighted by molar-refractivity contribution is 7.98. The first kappa shape index (κ1) is 19.6. The fourth-order valence-electron chi connectivity index (χ4n) is 2.30. The zero-order chi connectivity index (χ0) is 18.6. The lowest BCUT2D eigenvalue weighted by Gasteiger charge is -2.16. The van der Waals surface area contributed by atoms with Gasteiger partial charge < -0.3 is 14.4 Å². The molecule has 136 valence electrons. The van der Waals surface area contributed by atoms with Crippen LogP contribution < -0.4 is 14.6 Å². The summed E-state index contributed by atoms with van der Waals surface area (Å²) in [5.74, 6) is 1.90. The maximum atomic E-state index is 11.6. The van der Waals surface area contributed by atoms with E-state index in [4.69, 9.17) is 14.6 Å². The number of primary sulfonamides is 1. The Hall–Kier alpha value is -1.74. The van der Waals surface area contributed by atoms with Crippen molar-refractivity contribution >= 4 is 21.8 Å². The average Bonchev–Trinajstić information content (AvgIpc) is 2.54. The van der Waals surface area contributed by atoms with E-state index in [9.17, 15) is 8.42 Å². The number of hydrogen-bond donors (Lipinski definition) is 1. The van der Waals surface area contributed by atoms with E-state index < -0.39 is 10.0 Å². The Labute approximate surface area is 153 Å². The molecule has 0 fully saturated rings. The molecule has 2 aromatic rings. The van der Waals surface area contributed by atoms with Gasteiger partial charge in [0.1, 0.15) is 17.2 Å². The van der Waals surface area contributed by atoms with E-state index in [1.807, 2.05) is 37.4 Å². The minimum atomic E-state index is -3.77. The topological polar surface area (TPSA) is 81.9 Å². The van der Waals surface area contributed by atoms with Gasteiger partial charge in [-0.2, -0.15) is 0 Å². The summed E-state index contributed by atoms with van der Waals surface area (Å²) in [4.78, 5) is 2.99. The molecule has 0 atom stereocenters. The molecule has 0 aliphatic rings. The zero-order valence-corrected chi connectivity index (χ0v) is 16.3. The molecule has 0 amide bonds. The molecule has 0 saturated carbocycles. The molecule has 6 nitrogen and oxygen atoms in total. The summed E-state index contributed by atoms with van der Waals surface area (Å²) in [7, 11) is 1.63. The molecule has 0 radical (unpaired) electrons. The third-order valence-corrected chi connectivity index (χ3v) is 5.12. The maximum absolute atomic E-state index is 11.6. The Morgan fingerprint density at radius 3 is 2.40 bits per heavy atom. The SMILES string of the molecule is COc1cc(Oc2ccc(S(N)(=O)=O)cc2CN(C)C)ccc1SC. The highest BCUT2D eigenvalue weighted by atomic mass is 32.2. The van der Waals surface area contributed by atoms with Crippen molar-refractivity contribution in [3.63, 3.8) is 0 Å². The summed E-state index contributed by atoms with van der Waals surface area (Å²) in [6.45, 7) is 0.513. The van der Waals surface area contributed by atoms with Gasteiger partial charge in [-0.15, -0.1) is 11.8 Å². The Kier molecular flexibility index (Phi) is 6.34.